The molecule has 16 heavy (non-hydrogen) atoms. The van der Waals surface area contributed by atoms with Crippen molar-refractivity contribution in [3.05, 3.63) is 35.4 Å². The van der Waals surface area contributed by atoms with Crippen LogP contribution in [0.3, 0.4) is 0 Å². The van der Waals surface area contributed by atoms with E-state index in [9.17, 15) is 4.79 Å². The number of benzene rings is 1. The number of nitrogen functional groups attached to an aromatic ring is 1. The minimum atomic E-state index is -0.406. The number of esters is 1. The van der Waals surface area contributed by atoms with E-state index in [2.05, 4.69) is 0 Å². The molecule has 0 heterocycles. The quantitative estimate of drug-likeness (QED) is 0.457. The zero-order valence-electron chi connectivity index (χ0n) is 9.14. The largest absolute Gasteiger partial charge is 0.463 e. The van der Waals surface area contributed by atoms with Crippen molar-refractivity contribution in [2.24, 2.45) is 0 Å². The molecule has 1 aromatic rings. The first-order chi connectivity index (χ1) is 7.67. The first kappa shape index (κ1) is 12.3. The molecule has 0 saturated carbocycles. The van der Waals surface area contributed by atoms with Crippen LogP contribution in [-0.2, 0) is 16.1 Å². The fourth-order valence-electron chi connectivity index (χ4n) is 1.22. The van der Waals surface area contributed by atoms with Gasteiger partial charge in [-0.05, 0) is 36.3 Å². The number of aliphatic hydroxyl groups is 1. The Labute approximate surface area is 94.3 Å². The van der Waals surface area contributed by atoms with Gasteiger partial charge in [0, 0.05) is 11.8 Å². The number of rotatable bonds is 4. The van der Waals surface area contributed by atoms with Crippen LogP contribution < -0.4 is 5.73 Å². The first-order valence-electron chi connectivity index (χ1n) is 5.01. The van der Waals surface area contributed by atoms with E-state index in [0.717, 1.165) is 5.56 Å². The number of ether oxygens (including phenoxy) is 1. The second kappa shape index (κ2) is 5.92. The topological polar surface area (TPSA) is 72.5 Å². The van der Waals surface area contributed by atoms with Crippen LogP contribution in [-0.4, -0.2) is 17.7 Å². The monoisotopic (exact) mass is 221 g/mol. The predicted octanol–water partition coefficient (Wildman–Crippen LogP) is 1.34. The minimum Gasteiger partial charge on any atom is -0.463 e. The van der Waals surface area contributed by atoms with Crippen LogP contribution in [0.5, 0.6) is 0 Å². The lowest BCUT2D eigenvalue weighted by Gasteiger charge is -2.03. The van der Waals surface area contributed by atoms with Gasteiger partial charge in [-0.3, -0.25) is 0 Å². The lowest BCUT2D eigenvalue weighted by molar-refractivity contribution is -0.137. The molecule has 0 fully saturated rings. The number of nitrogens with two attached hydrogens (primary N) is 1. The summed E-state index contributed by atoms with van der Waals surface area (Å²) >= 11 is 0. The molecule has 0 unspecified atom stereocenters. The van der Waals surface area contributed by atoms with Crippen molar-refractivity contribution in [2.45, 2.75) is 13.5 Å². The van der Waals surface area contributed by atoms with E-state index in [1.54, 1.807) is 31.2 Å². The van der Waals surface area contributed by atoms with Crippen LogP contribution in [0, 0.1) is 0 Å². The first-order valence-corrected chi connectivity index (χ1v) is 5.01. The number of anilines is 1. The van der Waals surface area contributed by atoms with Crippen molar-refractivity contribution in [2.75, 3.05) is 12.3 Å². The number of aliphatic hydroxyl groups excluding tert-OH is 1. The molecule has 0 aliphatic heterocycles. The van der Waals surface area contributed by atoms with E-state index in [0.29, 0.717) is 17.9 Å². The summed E-state index contributed by atoms with van der Waals surface area (Å²) in [6, 6.07) is 5.15. The highest BCUT2D eigenvalue weighted by Gasteiger charge is 1.99. The fourth-order valence-corrected chi connectivity index (χ4v) is 1.22. The Morgan fingerprint density at radius 2 is 2.31 bits per heavy atom. The van der Waals surface area contributed by atoms with Gasteiger partial charge in [0.25, 0.3) is 0 Å². The minimum absolute atomic E-state index is 0.0550. The molecular weight excluding hydrogens is 206 g/mol. The number of hydrogen-bond donors (Lipinski definition) is 2. The van der Waals surface area contributed by atoms with E-state index in [4.69, 9.17) is 15.6 Å². The molecule has 0 amide bonds. The number of carbonyl (C=O) groups is 1. The van der Waals surface area contributed by atoms with Crippen LogP contribution in [0.4, 0.5) is 5.69 Å². The van der Waals surface area contributed by atoms with Crippen LogP contribution >= 0.6 is 0 Å². The third kappa shape index (κ3) is 3.40. The summed E-state index contributed by atoms with van der Waals surface area (Å²) in [6.45, 7) is 2.03. The van der Waals surface area contributed by atoms with Gasteiger partial charge in [0.2, 0.25) is 0 Å². The Kier molecular flexibility index (Phi) is 4.54. The SMILES string of the molecule is CCOC(=O)/C=C/c1cc(CO)ccc1N. The van der Waals surface area contributed by atoms with Crippen LogP contribution in [0.25, 0.3) is 6.08 Å². The molecule has 1 aromatic carbocycles. The Balaban J connectivity index is 2.83. The molecule has 4 heteroatoms. The summed E-state index contributed by atoms with van der Waals surface area (Å²) in [4.78, 5) is 11.1. The molecule has 0 spiro atoms. The summed E-state index contributed by atoms with van der Waals surface area (Å²) in [5.41, 5.74) is 7.71. The van der Waals surface area contributed by atoms with Gasteiger partial charge < -0.3 is 15.6 Å². The van der Waals surface area contributed by atoms with E-state index >= 15 is 0 Å². The third-order valence-corrected chi connectivity index (χ3v) is 2.02. The highest BCUT2D eigenvalue weighted by Crippen LogP contribution is 2.15. The second-order valence-corrected chi connectivity index (χ2v) is 3.21. The van der Waals surface area contributed by atoms with Crippen molar-refractivity contribution >= 4 is 17.7 Å². The molecule has 0 atom stereocenters. The highest BCUT2D eigenvalue weighted by atomic mass is 16.5. The average Bonchev–Trinajstić information content (AvgIpc) is 2.28. The normalized spacial score (nSPS) is 10.6. The molecule has 3 N–H and O–H groups in total. The average molecular weight is 221 g/mol. The van der Waals surface area contributed by atoms with E-state index in [-0.39, 0.29) is 6.61 Å². The Morgan fingerprint density at radius 3 is 2.94 bits per heavy atom. The van der Waals surface area contributed by atoms with E-state index < -0.39 is 5.97 Å². The summed E-state index contributed by atoms with van der Waals surface area (Å²) in [7, 11) is 0. The molecule has 0 aliphatic rings. The number of carbonyl (C=O) groups excluding carboxylic acids is 1. The van der Waals surface area contributed by atoms with Crippen molar-refractivity contribution < 1.29 is 14.6 Å². The van der Waals surface area contributed by atoms with Gasteiger partial charge >= 0.3 is 5.97 Å². The molecule has 0 saturated heterocycles. The smallest absolute Gasteiger partial charge is 0.330 e. The zero-order chi connectivity index (χ0) is 12.0. The second-order valence-electron chi connectivity index (χ2n) is 3.21. The third-order valence-electron chi connectivity index (χ3n) is 2.02. The molecule has 4 nitrogen and oxygen atoms in total. The van der Waals surface area contributed by atoms with Crippen molar-refractivity contribution in [1.82, 2.24) is 0 Å². The van der Waals surface area contributed by atoms with Gasteiger partial charge in [0.1, 0.15) is 0 Å². The van der Waals surface area contributed by atoms with Gasteiger partial charge in [-0.25, -0.2) is 4.79 Å². The Bertz CT molecular complexity index is 399. The maximum absolute atomic E-state index is 11.1. The van der Waals surface area contributed by atoms with Crippen molar-refractivity contribution in [3.63, 3.8) is 0 Å². The maximum Gasteiger partial charge on any atom is 0.330 e. The predicted molar refractivity (Wildman–Crippen MR) is 62.4 cm³/mol. The van der Waals surface area contributed by atoms with Gasteiger partial charge in [-0.1, -0.05) is 6.07 Å². The zero-order valence-corrected chi connectivity index (χ0v) is 9.14. The van der Waals surface area contributed by atoms with E-state index in [1.165, 1.54) is 6.08 Å². The van der Waals surface area contributed by atoms with Crippen LogP contribution in [0.15, 0.2) is 24.3 Å². The summed E-state index contributed by atoms with van der Waals surface area (Å²) in [6.07, 6.45) is 2.89. The molecule has 0 radical (unpaired) electrons. The molecular formula is C12H15NO3. The molecule has 1 rings (SSSR count). The van der Waals surface area contributed by atoms with Crippen molar-refractivity contribution in [3.8, 4) is 0 Å². The van der Waals surface area contributed by atoms with Gasteiger partial charge in [0.15, 0.2) is 0 Å². The molecule has 0 bridgehead atoms. The molecule has 0 aromatic heterocycles. The molecule has 0 aliphatic carbocycles. The summed E-state index contributed by atoms with van der Waals surface area (Å²) in [5.74, 6) is -0.406. The maximum atomic E-state index is 11.1. The summed E-state index contributed by atoms with van der Waals surface area (Å²) < 4.78 is 4.74. The van der Waals surface area contributed by atoms with Gasteiger partial charge in [-0.2, -0.15) is 0 Å². The van der Waals surface area contributed by atoms with Gasteiger partial charge in [0.05, 0.1) is 13.2 Å². The lowest BCUT2D eigenvalue weighted by Crippen LogP contribution is -1.99. The number of hydrogen-bond acceptors (Lipinski definition) is 4. The lowest BCUT2D eigenvalue weighted by atomic mass is 10.1. The van der Waals surface area contributed by atoms with Gasteiger partial charge in [-0.15, -0.1) is 0 Å². The Morgan fingerprint density at radius 1 is 1.56 bits per heavy atom. The van der Waals surface area contributed by atoms with Crippen molar-refractivity contribution in [1.29, 1.82) is 0 Å². The van der Waals surface area contributed by atoms with Crippen LogP contribution in [0.2, 0.25) is 0 Å². The molecule has 86 valence electrons. The van der Waals surface area contributed by atoms with E-state index in [1.807, 2.05) is 0 Å². The summed E-state index contributed by atoms with van der Waals surface area (Å²) in [5, 5.41) is 8.96. The van der Waals surface area contributed by atoms with Crippen LogP contribution in [0.1, 0.15) is 18.1 Å². The Hall–Kier alpha value is -1.81. The fraction of sp³-hybridized carbons (Fsp3) is 0.250. The standard InChI is InChI=1S/C12H15NO3/c1-2-16-12(15)6-4-10-7-9(8-14)3-5-11(10)13/h3-7,14H,2,8,13H2,1H3/b6-4+. The highest BCUT2D eigenvalue weighted by molar-refractivity contribution is 5.88.